The Hall–Kier alpha value is -3.41. The first kappa shape index (κ1) is 19.9. The summed E-state index contributed by atoms with van der Waals surface area (Å²) in [6.07, 6.45) is 7.51. The number of hydrogen-bond donors (Lipinski definition) is 0. The second-order valence-electron chi connectivity index (χ2n) is 7.56. The molecule has 30 heavy (non-hydrogen) atoms. The summed E-state index contributed by atoms with van der Waals surface area (Å²) in [4.78, 5) is 14.6. The number of amides is 1. The largest absolute Gasteiger partial charge is 0.490 e. The van der Waals surface area contributed by atoms with Crippen LogP contribution >= 0.6 is 0 Å². The van der Waals surface area contributed by atoms with Gasteiger partial charge in [-0.05, 0) is 24.6 Å². The molecule has 2 heterocycles. The zero-order valence-corrected chi connectivity index (χ0v) is 17.1. The second-order valence-corrected chi connectivity index (χ2v) is 7.56. The van der Waals surface area contributed by atoms with Crippen LogP contribution in [0.15, 0.2) is 66.9 Å². The number of aromatic nitrogens is 3. The van der Waals surface area contributed by atoms with Crippen LogP contribution in [0.1, 0.15) is 34.5 Å². The fraction of sp³-hybridized carbons (Fsp3) is 0.292. The van der Waals surface area contributed by atoms with E-state index in [9.17, 15) is 4.79 Å². The van der Waals surface area contributed by atoms with E-state index in [1.807, 2.05) is 71.6 Å². The highest BCUT2D eigenvalue weighted by Crippen LogP contribution is 2.20. The highest BCUT2D eigenvalue weighted by molar-refractivity contribution is 5.92. The number of carbonyl (C=O) groups is 1. The Kier molecular flexibility index (Phi) is 6.23. The van der Waals surface area contributed by atoms with Gasteiger partial charge in [-0.2, -0.15) is 0 Å². The Morgan fingerprint density at radius 2 is 1.83 bits per heavy atom. The molecule has 0 atom stereocenters. The third kappa shape index (κ3) is 5.14. The lowest BCUT2D eigenvalue weighted by Crippen LogP contribution is -2.41. The predicted molar refractivity (Wildman–Crippen MR) is 116 cm³/mol. The quantitative estimate of drug-likeness (QED) is 0.626. The fourth-order valence-corrected chi connectivity index (χ4v) is 3.49. The molecule has 0 saturated carbocycles. The molecule has 1 amide bonds. The normalized spacial score (nSPS) is 14.9. The first-order valence-corrected chi connectivity index (χ1v) is 10.3. The van der Waals surface area contributed by atoms with Gasteiger partial charge in [0.05, 0.1) is 12.7 Å². The first-order chi connectivity index (χ1) is 14.7. The Labute approximate surface area is 176 Å². The maximum atomic E-state index is 12.8. The van der Waals surface area contributed by atoms with E-state index in [4.69, 9.17) is 4.74 Å². The predicted octanol–water partition coefficient (Wildman–Crippen LogP) is 3.98. The molecule has 0 aliphatic carbocycles. The van der Waals surface area contributed by atoms with E-state index < -0.39 is 0 Å². The van der Waals surface area contributed by atoms with Crippen LogP contribution in [0.25, 0.3) is 6.08 Å². The zero-order valence-electron chi connectivity index (χ0n) is 17.1. The highest BCUT2D eigenvalue weighted by atomic mass is 16.5. The molecular weight excluding hydrogens is 376 g/mol. The summed E-state index contributed by atoms with van der Waals surface area (Å²) >= 11 is 0. The molecule has 0 N–H and O–H groups in total. The van der Waals surface area contributed by atoms with E-state index in [0.717, 1.165) is 24.2 Å². The van der Waals surface area contributed by atoms with Gasteiger partial charge in [0, 0.05) is 25.9 Å². The number of benzene rings is 2. The van der Waals surface area contributed by atoms with Crippen LogP contribution in [0.3, 0.4) is 0 Å². The molecule has 1 saturated heterocycles. The van der Waals surface area contributed by atoms with Crippen LogP contribution in [-0.4, -0.2) is 45.0 Å². The number of carbonyl (C=O) groups excluding carboxylic acids is 1. The molecule has 1 aliphatic rings. The van der Waals surface area contributed by atoms with Gasteiger partial charge in [0.15, 0.2) is 5.69 Å². The summed E-state index contributed by atoms with van der Waals surface area (Å²) < 4.78 is 7.73. The molecule has 6 heteroatoms. The van der Waals surface area contributed by atoms with Gasteiger partial charge in [-0.3, -0.25) is 4.79 Å². The number of nitrogens with zero attached hydrogens (tertiary/aromatic N) is 4. The monoisotopic (exact) mass is 402 g/mol. The van der Waals surface area contributed by atoms with Gasteiger partial charge in [0.1, 0.15) is 11.9 Å². The number of allylic oxidation sites excluding steroid dienone is 1. The summed E-state index contributed by atoms with van der Waals surface area (Å²) in [5.74, 6) is 0.818. The van der Waals surface area contributed by atoms with Gasteiger partial charge in [-0.1, -0.05) is 65.4 Å². The first-order valence-electron chi connectivity index (χ1n) is 10.3. The van der Waals surface area contributed by atoms with Crippen LogP contribution in [-0.2, 0) is 6.54 Å². The topological polar surface area (TPSA) is 60.2 Å². The highest BCUT2D eigenvalue weighted by Gasteiger charge is 2.26. The van der Waals surface area contributed by atoms with Crippen LogP contribution in [0.2, 0.25) is 0 Å². The van der Waals surface area contributed by atoms with Gasteiger partial charge >= 0.3 is 0 Å². The lowest BCUT2D eigenvalue weighted by atomic mass is 10.1. The molecule has 0 unspecified atom stereocenters. The van der Waals surface area contributed by atoms with Gasteiger partial charge < -0.3 is 9.64 Å². The second kappa shape index (κ2) is 9.39. The molecular formula is C24H26N4O2. The number of likely N-dealkylation sites (tertiary alicyclic amines) is 1. The Bertz CT molecular complexity index is 988. The van der Waals surface area contributed by atoms with Crippen molar-refractivity contribution < 1.29 is 9.53 Å². The summed E-state index contributed by atoms with van der Waals surface area (Å²) in [6.45, 7) is 3.96. The number of ether oxygens (including phenoxy) is 1. The van der Waals surface area contributed by atoms with Crippen molar-refractivity contribution in [1.29, 1.82) is 0 Å². The van der Waals surface area contributed by atoms with Crippen molar-refractivity contribution in [2.75, 3.05) is 13.1 Å². The molecule has 0 spiro atoms. The summed E-state index contributed by atoms with van der Waals surface area (Å²) in [5, 5.41) is 8.15. The van der Waals surface area contributed by atoms with Crippen molar-refractivity contribution in [2.45, 2.75) is 32.4 Å². The molecule has 6 nitrogen and oxygen atoms in total. The lowest BCUT2D eigenvalue weighted by Gasteiger charge is -2.31. The Morgan fingerprint density at radius 3 is 2.57 bits per heavy atom. The summed E-state index contributed by atoms with van der Waals surface area (Å²) in [5.41, 5.74) is 2.73. The van der Waals surface area contributed by atoms with Crippen molar-refractivity contribution in [3.05, 3.63) is 83.7 Å². The lowest BCUT2D eigenvalue weighted by molar-refractivity contribution is 0.0590. The van der Waals surface area contributed by atoms with Crippen molar-refractivity contribution in [3.63, 3.8) is 0 Å². The third-order valence-corrected chi connectivity index (χ3v) is 5.21. The number of hydrogen-bond acceptors (Lipinski definition) is 4. The standard InChI is InChI=1S/C24H26N4O2/c1-19-9-11-21(12-10-19)30-22-13-16-27(17-14-22)24(29)23-18-28(26-25-23)15-5-8-20-6-3-2-4-7-20/h2-12,18,22H,13-17H2,1H3/b8-5+. The van der Waals surface area contributed by atoms with Crippen molar-refractivity contribution >= 4 is 12.0 Å². The zero-order chi connectivity index (χ0) is 20.8. The van der Waals surface area contributed by atoms with Crippen molar-refractivity contribution in [2.24, 2.45) is 0 Å². The minimum atomic E-state index is -0.0675. The average Bonchev–Trinajstić information content (AvgIpc) is 3.25. The molecule has 1 aromatic heterocycles. The molecule has 1 fully saturated rings. The number of piperidine rings is 1. The molecule has 1 aliphatic heterocycles. The Balaban J connectivity index is 1.27. The van der Waals surface area contributed by atoms with Crippen molar-refractivity contribution in [3.8, 4) is 5.75 Å². The van der Waals surface area contributed by atoms with E-state index >= 15 is 0 Å². The van der Waals surface area contributed by atoms with Gasteiger partial charge in [0.25, 0.3) is 5.91 Å². The maximum absolute atomic E-state index is 12.8. The van der Waals surface area contributed by atoms with Gasteiger partial charge in [-0.15, -0.1) is 5.10 Å². The van der Waals surface area contributed by atoms with E-state index in [-0.39, 0.29) is 12.0 Å². The molecule has 154 valence electrons. The van der Waals surface area contributed by atoms with Gasteiger partial charge in [-0.25, -0.2) is 4.68 Å². The molecule has 4 rings (SSSR count). The molecule has 3 aromatic rings. The SMILES string of the molecule is Cc1ccc(OC2CCN(C(=O)c3cn(C/C=C/c4ccccc4)nn3)CC2)cc1. The van der Waals surface area contributed by atoms with Crippen LogP contribution in [0.4, 0.5) is 0 Å². The number of aryl methyl sites for hydroxylation is 1. The van der Waals surface area contributed by atoms with E-state index in [1.54, 1.807) is 10.9 Å². The third-order valence-electron chi connectivity index (χ3n) is 5.21. The summed E-state index contributed by atoms with van der Waals surface area (Å²) in [6, 6.07) is 18.2. The summed E-state index contributed by atoms with van der Waals surface area (Å²) in [7, 11) is 0. The smallest absolute Gasteiger partial charge is 0.276 e. The molecule has 2 aromatic carbocycles. The average molecular weight is 402 g/mol. The van der Waals surface area contributed by atoms with E-state index in [0.29, 0.717) is 25.3 Å². The fourth-order valence-electron chi connectivity index (χ4n) is 3.49. The van der Waals surface area contributed by atoms with Crippen LogP contribution in [0, 0.1) is 6.92 Å². The Morgan fingerprint density at radius 1 is 1.10 bits per heavy atom. The number of rotatable bonds is 6. The van der Waals surface area contributed by atoms with Crippen LogP contribution in [0.5, 0.6) is 5.75 Å². The minimum Gasteiger partial charge on any atom is -0.490 e. The molecule has 0 bridgehead atoms. The molecule has 0 radical (unpaired) electrons. The van der Waals surface area contributed by atoms with E-state index in [1.165, 1.54) is 5.56 Å². The minimum absolute atomic E-state index is 0.0675. The van der Waals surface area contributed by atoms with Crippen molar-refractivity contribution in [1.82, 2.24) is 19.9 Å². The van der Waals surface area contributed by atoms with E-state index in [2.05, 4.69) is 17.2 Å². The van der Waals surface area contributed by atoms with Crippen LogP contribution < -0.4 is 4.74 Å². The maximum Gasteiger partial charge on any atom is 0.276 e. The van der Waals surface area contributed by atoms with Gasteiger partial charge in [0.2, 0.25) is 0 Å².